The molecule has 3 heterocycles. The van der Waals surface area contributed by atoms with Crippen LogP contribution < -0.4 is 0 Å². The average molecular weight is 416 g/mol. The van der Waals surface area contributed by atoms with Crippen LogP contribution in [0.3, 0.4) is 0 Å². The molecule has 0 spiro atoms. The van der Waals surface area contributed by atoms with Crippen molar-refractivity contribution in [3.63, 3.8) is 0 Å². The summed E-state index contributed by atoms with van der Waals surface area (Å²) < 4.78 is 7.25. The molecule has 2 aliphatic rings. The molecule has 2 fully saturated rings. The zero-order valence-corrected chi connectivity index (χ0v) is 17.3. The molecule has 29 heavy (non-hydrogen) atoms. The Bertz CT molecular complexity index is 860. The van der Waals surface area contributed by atoms with Crippen LogP contribution in [-0.2, 0) is 14.3 Å². The molecule has 0 radical (unpaired) electrons. The summed E-state index contributed by atoms with van der Waals surface area (Å²) >= 11 is 1.44. The number of piperidine rings is 1. The minimum absolute atomic E-state index is 0.0770. The molecule has 0 N–H and O–H groups in total. The third kappa shape index (κ3) is 4.60. The molecule has 154 valence electrons. The normalized spacial score (nSPS) is 17.3. The molecule has 9 heteroatoms. The van der Waals surface area contributed by atoms with E-state index in [2.05, 4.69) is 19.7 Å². The monoisotopic (exact) mass is 415 g/mol. The lowest BCUT2D eigenvalue weighted by Crippen LogP contribution is -2.41. The van der Waals surface area contributed by atoms with Gasteiger partial charge in [-0.15, -0.1) is 10.2 Å². The fraction of sp³-hybridized carbons (Fsp3) is 0.550. The lowest BCUT2D eigenvalue weighted by Gasteiger charge is -2.30. The Morgan fingerprint density at radius 1 is 1.14 bits per heavy atom. The average Bonchev–Trinajstić information content (AvgIpc) is 3.51. The highest BCUT2D eigenvalue weighted by atomic mass is 32.2. The molecule has 0 atom stereocenters. The summed E-state index contributed by atoms with van der Waals surface area (Å²) in [6, 6.07) is 4.26. The Balaban J connectivity index is 1.36. The van der Waals surface area contributed by atoms with E-state index in [1.807, 2.05) is 24.0 Å². The quantitative estimate of drug-likeness (QED) is 0.507. The summed E-state index contributed by atoms with van der Waals surface area (Å²) in [6.45, 7) is 3.41. The predicted molar refractivity (Wildman–Crippen MR) is 108 cm³/mol. The van der Waals surface area contributed by atoms with Gasteiger partial charge < -0.3 is 9.64 Å². The lowest BCUT2D eigenvalue weighted by atomic mass is 9.97. The Morgan fingerprint density at radius 3 is 2.52 bits per heavy atom. The van der Waals surface area contributed by atoms with Gasteiger partial charge in [0.25, 0.3) is 0 Å². The van der Waals surface area contributed by atoms with Gasteiger partial charge in [0.15, 0.2) is 11.0 Å². The highest BCUT2D eigenvalue weighted by Gasteiger charge is 2.31. The first-order valence-corrected chi connectivity index (χ1v) is 11.1. The minimum atomic E-state index is -0.143. The SMILES string of the molecule is CCOC(=O)C1CCN(C(=O)CSc2nnc(-c3ccncc3)n2C2CC2)CC1. The lowest BCUT2D eigenvalue weighted by molar-refractivity contribution is -0.151. The van der Waals surface area contributed by atoms with Crippen LogP contribution in [-0.4, -0.2) is 62.0 Å². The minimum Gasteiger partial charge on any atom is -0.466 e. The third-order valence-corrected chi connectivity index (χ3v) is 6.24. The second kappa shape index (κ2) is 8.94. The topological polar surface area (TPSA) is 90.2 Å². The van der Waals surface area contributed by atoms with Crippen LogP contribution >= 0.6 is 11.8 Å². The van der Waals surface area contributed by atoms with Crippen molar-refractivity contribution in [2.75, 3.05) is 25.4 Å². The molecule has 8 nitrogen and oxygen atoms in total. The molecule has 1 amide bonds. The van der Waals surface area contributed by atoms with E-state index in [0.29, 0.717) is 44.3 Å². The van der Waals surface area contributed by atoms with E-state index in [9.17, 15) is 9.59 Å². The summed E-state index contributed by atoms with van der Waals surface area (Å²) in [5.41, 5.74) is 0.985. The number of nitrogens with zero attached hydrogens (tertiary/aromatic N) is 5. The molecule has 0 aromatic carbocycles. The first-order valence-electron chi connectivity index (χ1n) is 10.1. The van der Waals surface area contributed by atoms with Crippen LogP contribution in [0.15, 0.2) is 29.7 Å². The van der Waals surface area contributed by atoms with Crippen molar-refractivity contribution in [3.8, 4) is 11.4 Å². The van der Waals surface area contributed by atoms with Crippen LogP contribution in [0, 0.1) is 5.92 Å². The van der Waals surface area contributed by atoms with Gasteiger partial charge in [0.1, 0.15) is 0 Å². The number of ether oxygens (including phenoxy) is 1. The molecule has 0 bridgehead atoms. The summed E-state index contributed by atoms with van der Waals surface area (Å²) in [5.74, 6) is 1.00. The van der Waals surface area contributed by atoms with Gasteiger partial charge in [-0.3, -0.25) is 19.1 Å². The van der Waals surface area contributed by atoms with E-state index in [0.717, 1.165) is 29.4 Å². The van der Waals surface area contributed by atoms with E-state index < -0.39 is 0 Å². The molecule has 0 unspecified atom stereocenters. The van der Waals surface area contributed by atoms with Crippen molar-refractivity contribution in [2.45, 2.75) is 43.8 Å². The standard InChI is InChI=1S/C20H25N5O3S/c1-2-28-19(27)15-7-11-24(12-8-15)17(26)13-29-20-23-22-18(25(20)16-3-4-16)14-5-9-21-10-6-14/h5-6,9-10,15-16H,2-4,7-8,11-13H2,1H3. The Labute approximate surface area is 174 Å². The molecule has 1 aliphatic heterocycles. The van der Waals surface area contributed by atoms with E-state index in [1.165, 1.54) is 11.8 Å². The van der Waals surface area contributed by atoms with E-state index in [4.69, 9.17) is 4.74 Å². The van der Waals surface area contributed by atoms with Crippen LogP contribution in [0.5, 0.6) is 0 Å². The Morgan fingerprint density at radius 2 is 1.86 bits per heavy atom. The molecular formula is C20H25N5O3S. The predicted octanol–water partition coefficient (Wildman–Crippen LogP) is 2.57. The van der Waals surface area contributed by atoms with Crippen LogP contribution in [0.25, 0.3) is 11.4 Å². The highest BCUT2D eigenvalue weighted by molar-refractivity contribution is 7.99. The van der Waals surface area contributed by atoms with E-state index in [-0.39, 0.29) is 17.8 Å². The first-order chi connectivity index (χ1) is 14.2. The smallest absolute Gasteiger partial charge is 0.309 e. The maximum atomic E-state index is 12.7. The number of likely N-dealkylation sites (tertiary alicyclic amines) is 1. The number of esters is 1. The summed E-state index contributed by atoms with van der Waals surface area (Å²) in [5, 5.41) is 9.51. The molecule has 4 rings (SSSR count). The molecule has 2 aromatic rings. The van der Waals surface area contributed by atoms with Crippen LogP contribution in [0.2, 0.25) is 0 Å². The third-order valence-electron chi connectivity index (χ3n) is 5.31. The molecule has 1 aliphatic carbocycles. The molecular weight excluding hydrogens is 390 g/mol. The van der Waals surface area contributed by atoms with Gasteiger partial charge in [0.05, 0.1) is 18.3 Å². The van der Waals surface area contributed by atoms with E-state index >= 15 is 0 Å². The molecule has 1 saturated carbocycles. The van der Waals surface area contributed by atoms with Gasteiger partial charge in [0, 0.05) is 37.1 Å². The van der Waals surface area contributed by atoms with Crippen LogP contribution in [0.4, 0.5) is 0 Å². The maximum absolute atomic E-state index is 12.7. The summed E-state index contributed by atoms with van der Waals surface area (Å²) in [4.78, 5) is 30.4. The maximum Gasteiger partial charge on any atom is 0.309 e. The second-order valence-electron chi connectivity index (χ2n) is 7.34. The number of hydrogen-bond acceptors (Lipinski definition) is 7. The number of rotatable bonds is 7. The van der Waals surface area contributed by atoms with Gasteiger partial charge in [-0.2, -0.15) is 0 Å². The number of carbonyl (C=O) groups is 2. The summed E-state index contributed by atoms with van der Waals surface area (Å²) in [7, 11) is 0. The number of amides is 1. The summed E-state index contributed by atoms with van der Waals surface area (Å²) in [6.07, 6.45) is 7.05. The van der Waals surface area contributed by atoms with Gasteiger partial charge >= 0.3 is 5.97 Å². The van der Waals surface area contributed by atoms with Crippen molar-refractivity contribution >= 4 is 23.6 Å². The fourth-order valence-electron chi connectivity index (χ4n) is 3.58. The molecule has 2 aromatic heterocycles. The van der Waals surface area contributed by atoms with Crippen molar-refractivity contribution in [1.29, 1.82) is 0 Å². The first kappa shape index (κ1) is 19.9. The van der Waals surface area contributed by atoms with Crippen LogP contribution in [0.1, 0.15) is 38.6 Å². The Kier molecular flexibility index (Phi) is 6.13. The number of hydrogen-bond donors (Lipinski definition) is 0. The number of aromatic nitrogens is 4. The van der Waals surface area contributed by atoms with Crippen molar-refractivity contribution in [3.05, 3.63) is 24.5 Å². The van der Waals surface area contributed by atoms with Gasteiger partial charge in [-0.05, 0) is 44.7 Å². The zero-order valence-electron chi connectivity index (χ0n) is 16.5. The number of carbonyl (C=O) groups excluding carboxylic acids is 2. The Hall–Kier alpha value is -2.42. The zero-order chi connectivity index (χ0) is 20.2. The number of thioether (sulfide) groups is 1. The van der Waals surface area contributed by atoms with Crippen molar-refractivity contribution < 1.29 is 14.3 Å². The van der Waals surface area contributed by atoms with Crippen molar-refractivity contribution in [2.24, 2.45) is 5.92 Å². The van der Waals surface area contributed by atoms with E-state index in [1.54, 1.807) is 12.4 Å². The van der Waals surface area contributed by atoms with Crippen molar-refractivity contribution in [1.82, 2.24) is 24.6 Å². The van der Waals surface area contributed by atoms with Gasteiger partial charge in [0.2, 0.25) is 5.91 Å². The van der Waals surface area contributed by atoms with Gasteiger partial charge in [-0.1, -0.05) is 11.8 Å². The number of pyridine rings is 1. The fourth-order valence-corrected chi connectivity index (χ4v) is 4.49. The highest BCUT2D eigenvalue weighted by Crippen LogP contribution is 2.41. The second-order valence-corrected chi connectivity index (χ2v) is 8.28. The molecule has 1 saturated heterocycles. The largest absolute Gasteiger partial charge is 0.466 e. The van der Waals surface area contributed by atoms with Gasteiger partial charge in [-0.25, -0.2) is 0 Å².